The summed E-state index contributed by atoms with van der Waals surface area (Å²) in [6.07, 6.45) is 16.8. The van der Waals surface area contributed by atoms with Crippen molar-refractivity contribution in [2.24, 2.45) is 0 Å². The Bertz CT molecular complexity index is 904. The highest BCUT2D eigenvalue weighted by Crippen LogP contribution is 2.37. The van der Waals surface area contributed by atoms with E-state index in [0.29, 0.717) is 6.04 Å². The predicted octanol–water partition coefficient (Wildman–Crippen LogP) is 5.16. The van der Waals surface area contributed by atoms with Gasteiger partial charge in [-0.2, -0.15) is 0 Å². The Kier molecular flexibility index (Phi) is 5.78. The van der Waals surface area contributed by atoms with E-state index in [1.165, 1.54) is 36.0 Å². The number of nitrogens with zero attached hydrogens (tertiary/aromatic N) is 2. The zero-order chi connectivity index (χ0) is 20.3. The van der Waals surface area contributed by atoms with E-state index >= 15 is 0 Å². The Morgan fingerprint density at radius 3 is 2.80 bits per heavy atom. The molecule has 2 aliphatic heterocycles. The van der Waals surface area contributed by atoms with Crippen molar-refractivity contribution in [3.05, 3.63) is 77.0 Å². The number of rotatable bonds is 4. The number of fused-ring (bicyclic) bond motifs is 1. The van der Waals surface area contributed by atoms with E-state index in [0.717, 1.165) is 62.5 Å². The maximum Gasteiger partial charge on any atom is 0.169 e. The molecule has 0 radical (unpaired) electrons. The molecule has 2 heterocycles. The van der Waals surface area contributed by atoms with Gasteiger partial charge in [-0.3, -0.25) is 4.90 Å². The summed E-state index contributed by atoms with van der Waals surface area (Å²) in [4.78, 5) is 5.11. The van der Waals surface area contributed by atoms with Crippen molar-refractivity contribution < 1.29 is 9.47 Å². The number of piperazine rings is 1. The zero-order valence-corrected chi connectivity index (χ0v) is 18.0. The minimum Gasteiger partial charge on any atom is -0.465 e. The van der Waals surface area contributed by atoms with Gasteiger partial charge in [0.1, 0.15) is 18.3 Å². The Morgan fingerprint density at radius 1 is 1.07 bits per heavy atom. The highest BCUT2D eigenvalue weighted by Gasteiger charge is 2.28. The number of ether oxygens (including phenoxy) is 2. The van der Waals surface area contributed by atoms with Gasteiger partial charge in [-0.25, -0.2) is 0 Å². The van der Waals surface area contributed by atoms with Crippen LogP contribution in [0.2, 0.25) is 0 Å². The van der Waals surface area contributed by atoms with Crippen molar-refractivity contribution in [1.29, 1.82) is 0 Å². The van der Waals surface area contributed by atoms with Gasteiger partial charge in [0.05, 0.1) is 0 Å². The van der Waals surface area contributed by atoms with Crippen LogP contribution in [0.15, 0.2) is 60.3 Å². The fourth-order valence-electron chi connectivity index (χ4n) is 5.03. The molecule has 4 heteroatoms. The van der Waals surface area contributed by atoms with Crippen molar-refractivity contribution in [2.45, 2.75) is 44.6 Å². The second kappa shape index (κ2) is 8.83. The number of benzene rings is 1. The van der Waals surface area contributed by atoms with Crippen molar-refractivity contribution in [2.75, 3.05) is 33.2 Å². The third-order valence-corrected chi connectivity index (χ3v) is 6.81. The molecule has 2 aliphatic carbocycles. The van der Waals surface area contributed by atoms with Crippen LogP contribution in [-0.2, 0) is 15.9 Å². The lowest BCUT2D eigenvalue weighted by molar-refractivity contribution is 0.102. The summed E-state index contributed by atoms with van der Waals surface area (Å²) in [5.41, 5.74) is 5.51. The van der Waals surface area contributed by atoms with Crippen LogP contribution < -0.4 is 0 Å². The van der Waals surface area contributed by atoms with Crippen LogP contribution in [0.5, 0.6) is 0 Å². The summed E-state index contributed by atoms with van der Waals surface area (Å²) in [5, 5.41) is 0. The highest BCUT2D eigenvalue weighted by atomic mass is 16.5. The van der Waals surface area contributed by atoms with Crippen molar-refractivity contribution in [3.8, 4) is 0 Å². The van der Waals surface area contributed by atoms with E-state index in [1.807, 2.05) is 0 Å². The lowest BCUT2D eigenvalue weighted by atomic mass is 9.85. The third kappa shape index (κ3) is 4.26. The number of likely N-dealkylation sites (N-methyl/N-ethyl adjacent to an activating group) is 1. The van der Waals surface area contributed by atoms with E-state index in [1.54, 1.807) is 12.5 Å². The number of allylic oxidation sites excluding steroid dienone is 4. The van der Waals surface area contributed by atoms with Crippen LogP contribution >= 0.6 is 0 Å². The number of hydrogen-bond donors (Lipinski definition) is 0. The average Bonchev–Trinajstić information content (AvgIpc) is 2.80. The number of aryl methyl sites for hydroxylation is 1. The first-order valence-electron chi connectivity index (χ1n) is 11.4. The molecule has 158 valence electrons. The molecule has 0 amide bonds. The van der Waals surface area contributed by atoms with Crippen LogP contribution in [0.3, 0.4) is 0 Å². The van der Waals surface area contributed by atoms with E-state index < -0.39 is 0 Å². The van der Waals surface area contributed by atoms with Gasteiger partial charge in [0.25, 0.3) is 0 Å². The summed E-state index contributed by atoms with van der Waals surface area (Å²) in [7, 11) is 2.22. The minimum atomic E-state index is 0.529. The molecule has 0 N–H and O–H groups in total. The summed E-state index contributed by atoms with van der Waals surface area (Å²) >= 11 is 0. The summed E-state index contributed by atoms with van der Waals surface area (Å²) in [6.45, 7) is 4.63. The normalized spacial score (nSPS) is 24.8. The monoisotopic (exact) mass is 404 g/mol. The quantitative estimate of drug-likeness (QED) is 0.692. The van der Waals surface area contributed by atoms with Gasteiger partial charge in [-0.05, 0) is 56.3 Å². The lowest BCUT2D eigenvalue weighted by Gasteiger charge is -2.40. The molecule has 30 heavy (non-hydrogen) atoms. The van der Waals surface area contributed by atoms with Crippen molar-refractivity contribution in [1.82, 2.24) is 9.80 Å². The fourth-order valence-corrected chi connectivity index (χ4v) is 5.03. The van der Waals surface area contributed by atoms with Crippen LogP contribution in [0.1, 0.15) is 54.8 Å². The molecule has 1 aromatic carbocycles. The first kappa shape index (κ1) is 19.7. The SMILES string of the molecule is CN1CCN(C2CCCc3ccc(C4=COC=C(CC5=CC=CCC5)O4)cc32)CC1. The van der Waals surface area contributed by atoms with Crippen molar-refractivity contribution in [3.63, 3.8) is 0 Å². The van der Waals surface area contributed by atoms with Crippen molar-refractivity contribution >= 4 is 5.76 Å². The van der Waals surface area contributed by atoms with Gasteiger partial charge in [-0.15, -0.1) is 0 Å². The second-order valence-electron chi connectivity index (χ2n) is 8.93. The molecule has 1 aromatic rings. The molecule has 1 fully saturated rings. The highest BCUT2D eigenvalue weighted by molar-refractivity contribution is 5.62. The molecular weight excluding hydrogens is 372 g/mol. The first-order valence-corrected chi connectivity index (χ1v) is 11.4. The first-order chi connectivity index (χ1) is 14.8. The standard InChI is InChI=1S/C26H32N2O2/c1-27-12-14-28(15-13-27)25-9-5-8-21-10-11-22(17-24(21)25)26-19-29-18-23(30-26)16-20-6-3-2-4-7-20/h2-3,6,10-11,17-19,25H,4-5,7-9,12-16H2,1H3. The second-order valence-corrected chi connectivity index (χ2v) is 8.93. The van der Waals surface area contributed by atoms with E-state index in [9.17, 15) is 0 Å². The molecule has 4 nitrogen and oxygen atoms in total. The molecule has 0 bridgehead atoms. The Labute approximate surface area is 180 Å². The molecular formula is C26H32N2O2. The van der Waals surface area contributed by atoms with E-state index in [2.05, 4.69) is 53.3 Å². The largest absolute Gasteiger partial charge is 0.465 e. The van der Waals surface area contributed by atoms with Crippen LogP contribution in [-0.4, -0.2) is 43.0 Å². The molecule has 0 spiro atoms. The molecule has 0 saturated carbocycles. The Morgan fingerprint density at radius 2 is 1.97 bits per heavy atom. The molecule has 4 aliphatic rings. The topological polar surface area (TPSA) is 24.9 Å². The van der Waals surface area contributed by atoms with Gasteiger partial charge in [0, 0.05) is 44.2 Å². The average molecular weight is 405 g/mol. The zero-order valence-electron chi connectivity index (χ0n) is 18.0. The van der Waals surface area contributed by atoms with Gasteiger partial charge >= 0.3 is 0 Å². The summed E-state index contributed by atoms with van der Waals surface area (Å²) in [6, 6.07) is 7.40. The minimum absolute atomic E-state index is 0.529. The summed E-state index contributed by atoms with van der Waals surface area (Å²) in [5.74, 6) is 1.72. The molecule has 1 unspecified atom stereocenters. The van der Waals surface area contributed by atoms with Crippen LogP contribution in [0, 0.1) is 0 Å². The van der Waals surface area contributed by atoms with E-state index in [-0.39, 0.29) is 0 Å². The smallest absolute Gasteiger partial charge is 0.169 e. The molecule has 1 atom stereocenters. The summed E-state index contributed by atoms with van der Waals surface area (Å²) < 4.78 is 12.0. The van der Waals surface area contributed by atoms with Crippen LogP contribution in [0.25, 0.3) is 5.76 Å². The predicted molar refractivity (Wildman–Crippen MR) is 120 cm³/mol. The maximum atomic E-state index is 6.27. The van der Waals surface area contributed by atoms with Gasteiger partial charge in [0.15, 0.2) is 5.76 Å². The lowest BCUT2D eigenvalue weighted by Crippen LogP contribution is -2.46. The van der Waals surface area contributed by atoms with E-state index in [4.69, 9.17) is 9.47 Å². The Hall–Kier alpha value is -2.30. The maximum absolute atomic E-state index is 6.27. The molecule has 5 rings (SSSR count). The Balaban J connectivity index is 1.33. The molecule has 0 aromatic heterocycles. The fraction of sp³-hybridized carbons (Fsp3) is 0.462. The number of hydrogen-bond acceptors (Lipinski definition) is 4. The molecule has 1 saturated heterocycles. The third-order valence-electron chi connectivity index (χ3n) is 6.81. The van der Waals surface area contributed by atoms with Crippen LogP contribution in [0.4, 0.5) is 0 Å². The van der Waals surface area contributed by atoms with Gasteiger partial charge in [-0.1, -0.05) is 35.9 Å². The van der Waals surface area contributed by atoms with Gasteiger partial charge in [0.2, 0.25) is 0 Å². The van der Waals surface area contributed by atoms with Gasteiger partial charge < -0.3 is 14.4 Å².